The van der Waals surface area contributed by atoms with Crippen LogP contribution in [0.1, 0.15) is 5.56 Å². The van der Waals surface area contributed by atoms with Gasteiger partial charge in [-0.05, 0) is 18.2 Å². The summed E-state index contributed by atoms with van der Waals surface area (Å²) >= 11 is 0. The summed E-state index contributed by atoms with van der Waals surface area (Å²) in [5.41, 5.74) is 6.90. The first kappa shape index (κ1) is 16.3. The van der Waals surface area contributed by atoms with E-state index in [-0.39, 0.29) is 22.6 Å². The van der Waals surface area contributed by atoms with Crippen LogP contribution in [0.15, 0.2) is 37.2 Å². The van der Waals surface area contributed by atoms with E-state index in [2.05, 4.69) is 16.7 Å². The fourth-order valence-corrected chi connectivity index (χ4v) is 2.34. The number of halogens is 3. The molecule has 1 aromatic carbocycles. The number of hydrogen-bond donors (Lipinski definition) is 1. The van der Waals surface area contributed by atoms with Crippen LogP contribution in [-0.2, 0) is 0 Å². The molecule has 0 radical (unpaired) electrons. The third kappa shape index (κ3) is 2.83. The number of nitrogen functional groups attached to an aromatic ring is 1. The minimum absolute atomic E-state index is 0.00930. The molecule has 0 atom stereocenters. The second-order valence-electron chi connectivity index (χ2n) is 5.07. The predicted molar refractivity (Wildman–Crippen MR) is 86.3 cm³/mol. The Morgan fingerprint density at radius 1 is 1.16 bits per heavy atom. The molecule has 2 N–H and O–H groups in total. The number of rotatable bonds is 3. The fraction of sp³-hybridized carbons (Fsp3) is 0. The highest BCUT2D eigenvalue weighted by molar-refractivity contribution is 5.79. The van der Waals surface area contributed by atoms with E-state index in [1.54, 1.807) is 6.20 Å². The molecule has 0 fully saturated rings. The Morgan fingerprint density at radius 3 is 2.40 bits per heavy atom. The van der Waals surface area contributed by atoms with Crippen molar-refractivity contribution >= 4 is 12.0 Å². The summed E-state index contributed by atoms with van der Waals surface area (Å²) in [5, 5.41) is 13.3. The van der Waals surface area contributed by atoms with Gasteiger partial charge in [0.05, 0.1) is 11.9 Å². The van der Waals surface area contributed by atoms with Crippen LogP contribution in [0, 0.1) is 28.8 Å². The monoisotopic (exact) mass is 341 g/mol. The van der Waals surface area contributed by atoms with Crippen LogP contribution in [0.4, 0.5) is 19.0 Å². The largest absolute Gasteiger partial charge is 0.383 e. The number of hydrogen-bond acceptors (Lipinski definition) is 4. The molecule has 25 heavy (non-hydrogen) atoms. The molecule has 2 aromatic heterocycles. The van der Waals surface area contributed by atoms with E-state index >= 15 is 0 Å². The van der Waals surface area contributed by atoms with Crippen molar-refractivity contribution < 1.29 is 13.2 Å². The van der Waals surface area contributed by atoms with E-state index in [0.717, 1.165) is 12.1 Å². The summed E-state index contributed by atoms with van der Waals surface area (Å²) in [6.45, 7) is 3.57. The quantitative estimate of drug-likeness (QED) is 0.738. The van der Waals surface area contributed by atoms with E-state index in [0.29, 0.717) is 11.1 Å². The molecule has 2 heterocycles. The molecule has 0 saturated heterocycles. The summed E-state index contributed by atoms with van der Waals surface area (Å²) in [7, 11) is 0. The van der Waals surface area contributed by atoms with Gasteiger partial charge in [-0.25, -0.2) is 22.8 Å². The summed E-state index contributed by atoms with van der Waals surface area (Å²) in [4.78, 5) is 3.99. The first-order chi connectivity index (χ1) is 11.9. The van der Waals surface area contributed by atoms with Crippen molar-refractivity contribution in [1.82, 2.24) is 14.8 Å². The van der Waals surface area contributed by atoms with Gasteiger partial charge >= 0.3 is 0 Å². The van der Waals surface area contributed by atoms with Crippen LogP contribution in [0.2, 0.25) is 0 Å². The Hall–Kier alpha value is -3.60. The predicted octanol–water partition coefficient (Wildman–Crippen LogP) is 3.58. The Balaban J connectivity index is 2.24. The van der Waals surface area contributed by atoms with Crippen molar-refractivity contribution in [3.8, 4) is 28.5 Å². The Labute approximate surface area is 140 Å². The Kier molecular flexibility index (Phi) is 3.99. The molecule has 124 valence electrons. The van der Waals surface area contributed by atoms with Crippen LogP contribution >= 0.6 is 0 Å². The molecular formula is C17H10F3N5. The average Bonchev–Trinajstić information content (AvgIpc) is 3.07. The average molecular weight is 341 g/mol. The molecule has 0 aliphatic rings. The molecule has 0 amide bonds. The normalized spacial score (nSPS) is 10.5. The zero-order chi connectivity index (χ0) is 18.1. The molecule has 0 bridgehead atoms. The van der Waals surface area contributed by atoms with Gasteiger partial charge in [0.25, 0.3) is 0 Å². The topological polar surface area (TPSA) is 80.5 Å². The number of benzene rings is 1. The summed E-state index contributed by atoms with van der Waals surface area (Å²) in [6.07, 6.45) is 4.52. The van der Waals surface area contributed by atoms with Gasteiger partial charge < -0.3 is 5.73 Å². The summed E-state index contributed by atoms with van der Waals surface area (Å²) in [5.74, 6) is -4.38. The molecule has 0 aliphatic carbocycles. The molecule has 0 aliphatic heterocycles. The van der Waals surface area contributed by atoms with Crippen LogP contribution in [0.25, 0.3) is 28.6 Å². The highest BCUT2D eigenvalue weighted by Gasteiger charge is 2.17. The van der Waals surface area contributed by atoms with Gasteiger partial charge in [-0.1, -0.05) is 6.58 Å². The lowest BCUT2D eigenvalue weighted by Crippen LogP contribution is -2.00. The van der Waals surface area contributed by atoms with Crippen molar-refractivity contribution in [3.63, 3.8) is 0 Å². The van der Waals surface area contributed by atoms with Gasteiger partial charge in [-0.3, -0.25) is 0 Å². The summed E-state index contributed by atoms with van der Waals surface area (Å²) < 4.78 is 41.6. The van der Waals surface area contributed by atoms with E-state index in [1.807, 2.05) is 6.07 Å². The lowest BCUT2D eigenvalue weighted by atomic mass is 10.0. The highest BCUT2D eigenvalue weighted by atomic mass is 19.2. The molecule has 0 spiro atoms. The minimum atomic E-state index is -1.57. The van der Waals surface area contributed by atoms with Gasteiger partial charge in [0, 0.05) is 29.1 Å². The number of anilines is 1. The van der Waals surface area contributed by atoms with E-state index in [9.17, 15) is 18.4 Å². The van der Waals surface area contributed by atoms with Crippen molar-refractivity contribution in [2.45, 2.75) is 0 Å². The molecule has 3 aromatic rings. The lowest BCUT2D eigenvalue weighted by Gasteiger charge is -2.09. The zero-order valence-corrected chi connectivity index (χ0v) is 12.7. The van der Waals surface area contributed by atoms with E-state index in [4.69, 9.17) is 5.73 Å². The molecule has 5 nitrogen and oxygen atoms in total. The number of nitrogens with zero attached hydrogens (tertiary/aromatic N) is 4. The van der Waals surface area contributed by atoms with Crippen molar-refractivity contribution in [1.29, 1.82) is 5.26 Å². The highest BCUT2D eigenvalue weighted by Crippen LogP contribution is 2.32. The van der Waals surface area contributed by atoms with E-state index < -0.39 is 17.5 Å². The van der Waals surface area contributed by atoms with Gasteiger partial charge in [-0.15, -0.1) is 0 Å². The molecule has 0 unspecified atom stereocenters. The maximum atomic E-state index is 13.5. The smallest absolute Gasteiger partial charge is 0.194 e. The summed E-state index contributed by atoms with van der Waals surface area (Å²) in [6, 6.07) is 5.00. The van der Waals surface area contributed by atoms with Gasteiger partial charge in [0.2, 0.25) is 0 Å². The fourth-order valence-electron chi connectivity index (χ4n) is 2.34. The lowest BCUT2D eigenvalue weighted by molar-refractivity contribution is 0.447. The van der Waals surface area contributed by atoms with Crippen LogP contribution in [0.5, 0.6) is 0 Å². The third-order valence-corrected chi connectivity index (χ3v) is 3.54. The van der Waals surface area contributed by atoms with Gasteiger partial charge in [-0.2, -0.15) is 10.4 Å². The SMILES string of the molecule is C=Cn1cc(-c2cc(-c3cc(F)c(F)c(F)c3)nc(N)c2C#N)cn1. The maximum Gasteiger partial charge on any atom is 0.194 e. The number of nitriles is 1. The van der Waals surface area contributed by atoms with Crippen LogP contribution < -0.4 is 5.73 Å². The number of pyridine rings is 1. The third-order valence-electron chi connectivity index (χ3n) is 3.54. The zero-order valence-electron chi connectivity index (χ0n) is 12.7. The van der Waals surface area contributed by atoms with Crippen LogP contribution in [-0.4, -0.2) is 14.8 Å². The molecular weight excluding hydrogens is 331 g/mol. The molecule has 8 heteroatoms. The minimum Gasteiger partial charge on any atom is -0.383 e. The second-order valence-corrected chi connectivity index (χ2v) is 5.07. The van der Waals surface area contributed by atoms with Gasteiger partial charge in [0.1, 0.15) is 17.5 Å². The number of aromatic nitrogens is 3. The van der Waals surface area contributed by atoms with E-state index in [1.165, 1.54) is 23.1 Å². The first-order valence-corrected chi connectivity index (χ1v) is 6.97. The standard InChI is InChI=1S/C17H10F3N5/c1-2-25-8-10(7-23-25)11-5-15(24-17(22)12(11)6-21)9-3-13(18)16(20)14(19)4-9/h2-5,7-8H,1H2,(H2,22,24). The van der Waals surface area contributed by atoms with Crippen molar-refractivity contribution in [2.75, 3.05) is 5.73 Å². The molecule has 0 saturated carbocycles. The Bertz CT molecular complexity index is 1010. The van der Waals surface area contributed by atoms with Crippen LogP contribution in [0.3, 0.4) is 0 Å². The van der Waals surface area contributed by atoms with Gasteiger partial charge in [0.15, 0.2) is 17.5 Å². The maximum absolute atomic E-state index is 13.5. The number of nitrogens with two attached hydrogens (primary N) is 1. The van der Waals surface area contributed by atoms with Crippen molar-refractivity contribution in [3.05, 3.63) is 60.2 Å². The Morgan fingerprint density at radius 2 is 1.84 bits per heavy atom. The first-order valence-electron chi connectivity index (χ1n) is 6.97. The molecule has 3 rings (SSSR count). The second kappa shape index (κ2) is 6.13. The van der Waals surface area contributed by atoms with Crippen molar-refractivity contribution in [2.24, 2.45) is 0 Å².